The molecule has 0 spiro atoms. The normalized spacial score (nSPS) is 7.76. The van der Waals surface area contributed by atoms with Crippen molar-refractivity contribution < 1.29 is 9.53 Å². The second kappa shape index (κ2) is 19.7. The summed E-state index contributed by atoms with van der Waals surface area (Å²) >= 11 is 0. The van der Waals surface area contributed by atoms with Crippen LogP contribution in [0.1, 0.15) is 27.7 Å². The number of nitrogens with one attached hydrogen (secondary N) is 1. The van der Waals surface area contributed by atoms with Crippen LogP contribution in [0.15, 0.2) is 42.7 Å². The lowest BCUT2D eigenvalue weighted by Crippen LogP contribution is -2.19. The van der Waals surface area contributed by atoms with Gasteiger partial charge in [0.05, 0.1) is 0 Å². The highest BCUT2D eigenvalue weighted by Gasteiger charge is 2.00. The summed E-state index contributed by atoms with van der Waals surface area (Å²) in [5.41, 5.74) is 2.48. The summed E-state index contributed by atoms with van der Waals surface area (Å²) in [6.07, 6.45) is 4.65. The molecule has 0 amide bonds. The van der Waals surface area contributed by atoms with E-state index in [0.717, 1.165) is 0 Å². The van der Waals surface area contributed by atoms with Crippen LogP contribution >= 0.6 is 0 Å². The zero-order valence-electron chi connectivity index (χ0n) is 11.3. The Morgan fingerprint density at radius 3 is 2.18 bits per heavy atom. The molecular formula is C13H24N2O2. The van der Waals surface area contributed by atoms with Crippen molar-refractivity contribution in [1.82, 2.24) is 5.43 Å². The Morgan fingerprint density at radius 2 is 1.82 bits per heavy atom. The van der Waals surface area contributed by atoms with Crippen molar-refractivity contribution in [3.05, 3.63) is 37.6 Å². The zero-order valence-corrected chi connectivity index (χ0v) is 11.3. The van der Waals surface area contributed by atoms with Gasteiger partial charge in [-0.25, -0.2) is 4.79 Å². The molecule has 0 unspecified atom stereocenters. The number of hydrogen-bond donors (Lipinski definition) is 1. The summed E-state index contributed by atoms with van der Waals surface area (Å²) in [5.74, 6) is -0.201. The summed E-state index contributed by atoms with van der Waals surface area (Å²) in [7, 11) is 0. The molecule has 4 heteroatoms. The van der Waals surface area contributed by atoms with Crippen molar-refractivity contribution in [2.75, 3.05) is 6.54 Å². The SMILES string of the molecule is C=CC.C=CC(=C)OC(=O)CN/N=C/C.CC. The highest BCUT2D eigenvalue weighted by Crippen LogP contribution is 1.92. The van der Waals surface area contributed by atoms with Crippen molar-refractivity contribution in [2.45, 2.75) is 27.7 Å². The molecular weight excluding hydrogens is 216 g/mol. The molecule has 0 atom stereocenters. The van der Waals surface area contributed by atoms with Crippen molar-refractivity contribution in [3.8, 4) is 0 Å². The molecule has 0 aromatic heterocycles. The summed E-state index contributed by atoms with van der Waals surface area (Å²) in [6.45, 7) is 17.8. The van der Waals surface area contributed by atoms with Gasteiger partial charge in [0, 0.05) is 6.21 Å². The second-order valence-electron chi connectivity index (χ2n) is 2.27. The molecule has 4 nitrogen and oxygen atoms in total. The van der Waals surface area contributed by atoms with E-state index in [1.165, 1.54) is 12.3 Å². The number of carbonyl (C=O) groups excluding carboxylic acids is 1. The molecule has 0 aliphatic heterocycles. The van der Waals surface area contributed by atoms with Crippen LogP contribution in [0, 0.1) is 0 Å². The fourth-order valence-corrected chi connectivity index (χ4v) is 0.425. The molecule has 0 saturated heterocycles. The van der Waals surface area contributed by atoms with Crippen LogP contribution in [-0.4, -0.2) is 18.7 Å². The van der Waals surface area contributed by atoms with Crippen LogP contribution in [0.3, 0.4) is 0 Å². The maximum atomic E-state index is 10.8. The summed E-state index contributed by atoms with van der Waals surface area (Å²) < 4.78 is 4.66. The van der Waals surface area contributed by atoms with E-state index < -0.39 is 5.97 Å². The molecule has 0 bridgehead atoms. The smallest absolute Gasteiger partial charge is 0.332 e. The highest BCUT2D eigenvalue weighted by molar-refractivity contribution is 5.73. The van der Waals surface area contributed by atoms with E-state index in [2.05, 4.69) is 35.0 Å². The van der Waals surface area contributed by atoms with Crippen LogP contribution in [0.25, 0.3) is 0 Å². The first-order chi connectivity index (χ1) is 8.12. The maximum Gasteiger partial charge on any atom is 0.332 e. The molecule has 0 heterocycles. The number of allylic oxidation sites excluding steroid dienone is 2. The van der Waals surface area contributed by atoms with Gasteiger partial charge in [-0.1, -0.05) is 33.1 Å². The highest BCUT2D eigenvalue weighted by atomic mass is 16.5. The Hall–Kier alpha value is -1.84. The number of nitrogens with zero attached hydrogens (tertiary/aromatic N) is 1. The number of ether oxygens (including phenoxy) is 1. The molecule has 98 valence electrons. The van der Waals surface area contributed by atoms with E-state index in [1.807, 2.05) is 20.8 Å². The third kappa shape index (κ3) is 25.0. The Labute approximate surface area is 105 Å². The Kier molecular flexibility index (Phi) is 23.8. The lowest BCUT2D eigenvalue weighted by atomic mass is 10.5. The number of carbonyl (C=O) groups is 1. The molecule has 0 aromatic rings. The minimum absolute atomic E-state index is 0.0250. The predicted octanol–water partition coefficient (Wildman–Crippen LogP) is 3.04. The van der Waals surface area contributed by atoms with Gasteiger partial charge in [0.25, 0.3) is 0 Å². The average molecular weight is 240 g/mol. The fourth-order valence-electron chi connectivity index (χ4n) is 0.425. The third-order valence-electron chi connectivity index (χ3n) is 0.916. The van der Waals surface area contributed by atoms with Gasteiger partial charge in [0.1, 0.15) is 12.3 Å². The average Bonchev–Trinajstić information content (AvgIpc) is 2.33. The molecule has 0 aromatic carbocycles. The minimum Gasteiger partial charge on any atom is -0.426 e. The van der Waals surface area contributed by atoms with Gasteiger partial charge in [-0.2, -0.15) is 5.10 Å². The standard InChI is InChI=1S/C8H12N2O2.C3H6.C2H6/c1-4-7(3)12-8(11)6-10-9-5-2;1-3-2;1-2/h4-5,10H,1,3,6H2,2H3;3H,1H2,2H3;1-2H3/b9-5+;;. The first-order valence-corrected chi connectivity index (χ1v) is 5.41. The summed E-state index contributed by atoms with van der Waals surface area (Å²) in [6, 6.07) is 0. The van der Waals surface area contributed by atoms with E-state index in [-0.39, 0.29) is 12.3 Å². The monoisotopic (exact) mass is 240 g/mol. The molecule has 0 saturated carbocycles. The van der Waals surface area contributed by atoms with E-state index >= 15 is 0 Å². The van der Waals surface area contributed by atoms with Gasteiger partial charge < -0.3 is 4.74 Å². The number of esters is 1. The van der Waals surface area contributed by atoms with Gasteiger partial charge >= 0.3 is 5.97 Å². The fraction of sp³-hybridized carbons (Fsp3) is 0.385. The molecule has 0 fully saturated rings. The minimum atomic E-state index is -0.439. The number of hydrazone groups is 1. The van der Waals surface area contributed by atoms with Gasteiger partial charge in [-0.15, -0.1) is 6.58 Å². The van der Waals surface area contributed by atoms with Crippen LogP contribution in [0.4, 0.5) is 0 Å². The van der Waals surface area contributed by atoms with Gasteiger partial charge in [0.15, 0.2) is 0 Å². The number of rotatable bonds is 5. The maximum absolute atomic E-state index is 10.8. The van der Waals surface area contributed by atoms with Crippen LogP contribution in [-0.2, 0) is 9.53 Å². The van der Waals surface area contributed by atoms with E-state index in [4.69, 9.17) is 0 Å². The molecule has 0 rings (SSSR count). The van der Waals surface area contributed by atoms with E-state index in [9.17, 15) is 4.79 Å². The Morgan fingerprint density at radius 1 is 1.35 bits per heavy atom. The van der Waals surface area contributed by atoms with Crippen molar-refractivity contribution in [1.29, 1.82) is 0 Å². The molecule has 0 radical (unpaired) electrons. The quantitative estimate of drug-likeness (QED) is 0.201. The third-order valence-corrected chi connectivity index (χ3v) is 0.916. The summed E-state index contributed by atoms with van der Waals surface area (Å²) in [4.78, 5) is 10.8. The predicted molar refractivity (Wildman–Crippen MR) is 74.8 cm³/mol. The first-order valence-electron chi connectivity index (χ1n) is 5.41. The second-order valence-corrected chi connectivity index (χ2v) is 2.27. The lowest BCUT2D eigenvalue weighted by molar-refractivity contribution is -0.137. The first kappa shape index (κ1) is 20.6. The molecule has 17 heavy (non-hydrogen) atoms. The van der Waals surface area contributed by atoms with Crippen LogP contribution < -0.4 is 5.43 Å². The van der Waals surface area contributed by atoms with Gasteiger partial charge in [-0.3, -0.25) is 5.43 Å². The topological polar surface area (TPSA) is 50.7 Å². The largest absolute Gasteiger partial charge is 0.426 e. The van der Waals surface area contributed by atoms with Crippen molar-refractivity contribution >= 4 is 12.2 Å². The molecule has 0 aliphatic rings. The lowest BCUT2D eigenvalue weighted by Gasteiger charge is -2.01. The zero-order chi connectivity index (χ0) is 14.1. The Bertz CT molecular complexity index is 246. The van der Waals surface area contributed by atoms with Gasteiger partial charge in [0.2, 0.25) is 0 Å². The van der Waals surface area contributed by atoms with Crippen LogP contribution in [0.2, 0.25) is 0 Å². The Balaban J connectivity index is -0.000000337. The summed E-state index contributed by atoms with van der Waals surface area (Å²) in [5, 5.41) is 3.61. The van der Waals surface area contributed by atoms with E-state index in [0.29, 0.717) is 0 Å². The van der Waals surface area contributed by atoms with Crippen molar-refractivity contribution in [2.24, 2.45) is 5.10 Å². The van der Waals surface area contributed by atoms with Crippen molar-refractivity contribution in [3.63, 3.8) is 0 Å². The van der Waals surface area contributed by atoms with Gasteiger partial charge in [-0.05, 0) is 19.9 Å². The van der Waals surface area contributed by atoms with E-state index in [1.54, 1.807) is 13.0 Å². The molecule has 0 aliphatic carbocycles. The number of hydrogen-bond acceptors (Lipinski definition) is 4. The van der Waals surface area contributed by atoms with Crippen LogP contribution in [0.5, 0.6) is 0 Å². The molecule has 1 N–H and O–H groups in total.